The van der Waals surface area contributed by atoms with Crippen molar-refractivity contribution in [2.45, 2.75) is 78.5 Å². The van der Waals surface area contributed by atoms with Gasteiger partial charge in [0.05, 0.1) is 31.8 Å². The van der Waals surface area contributed by atoms with Crippen molar-refractivity contribution in [2.75, 3.05) is 7.11 Å². The SMILES string of the molecule is C=C/C=C\[C@H](C)[C@H](OCc1ccc(OC)cc1)[C@@H](C)[C@H](O[Si](C)(C)C(C)(C)C)[C@@H](C)C(=O)O. The van der Waals surface area contributed by atoms with Gasteiger partial charge in [0.15, 0.2) is 8.32 Å². The lowest BCUT2D eigenvalue weighted by molar-refractivity contribution is -0.148. The normalized spacial score (nSPS) is 17.2. The zero-order valence-electron chi connectivity index (χ0n) is 21.9. The van der Waals surface area contributed by atoms with Crippen molar-refractivity contribution in [3.63, 3.8) is 0 Å². The minimum atomic E-state index is -2.21. The number of allylic oxidation sites excluding steroid dienone is 2. The maximum absolute atomic E-state index is 12.0. The first-order valence-electron chi connectivity index (χ1n) is 11.7. The first-order chi connectivity index (χ1) is 15.2. The Kier molecular flexibility index (Phi) is 11.1. The molecule has 0 aromatic heterocycles. The standard InChI is InChI=1S/C27H44O5Si/c1-11-12-13-19(2)24(31-18-22-14-16-23(30-8)17-15-22)20(3)25(21(4)26(28)29)32-33(9,10)27(5,6)7/h11-17,19-21,24-25H,1,18H2,2-10H3,(H,28,29)/b13-12-/t19-,20+,21+,24-,25-/m0/s1. The molecular weight excluding hydrogens is 432 g/mol. The van der Waals surface area contributed by atoms with Crippen molar-refractivity contribution in [2.24, 2.45) is 17.8 Å². The highest BCUT2D eigenvalue weighted by Gasteiger charge is 2.44. The van der Waals surface area contributed by atoms with Gasteiger partial charge in [0.1, 0.15) is 5.75 Å². The molecule has 0 amide bonds. The summed E-state index contributed by atoms with van der Waals surface area (Å²) in [4.78, 5) is 12.0. The van der Waals surface area contributed by atoms with Crippen molar-refractivity contribution in [3.8, 4) is 5.75 Å². The molecule has 0 saturated heterocycles. The van der Waals surface area contributed by atoms with Gasteiger partial charge in [-0.1, -0.05) is 71.6 Å². The van der Waals surface area contributed by atoms with Crippen LogP contribution in [0.15, 0.2) is 49.1 Å². The second-order valence-corrected chi connectivity index (χ2v) is 15.2. The highest BCUT2D eigenvalue weighted by atomic mass is 28.4. The monoisotopic (exact) mass is 476 g/mol. The quantitative estimate of drug-likeness (QED) is 0.253. The van der Waals surface area contributed by atoms with Gasteiger partial charge in [0.2, 0.25) is 0 Å². The average molecular weight is 477 g/mol. The fourth-order valence-corrected chi connectivity index (χ4v) is 5.02. The number of carboxylic acid groups (broad SMARTS) is 1. The molecule has 0 spiro atoms. The predicted octanol–water partition coefficient (Wildman–Crippen LogP) is 6.71. The third kappa shape index (κ3) is 8.43. The van der Waals surface area contributed by atoms with E-state index in [0.717, 1.165) is 11.3 Å². The molecule has 1 aromatic rings. The summed E-state index contributed by atoms with van der Waals surface area (Å²) in [5, 5.41) is 9.84. The molecule has 5 atom stereocenters. The van der Waals surface area contributed by atoms with E-state index in [2.05, 4.69) is 53.4 Å². The lowest BCUT2D eigenvalue weighted by Gasteiger charge is -2.44. The zero-order valence-corrected chi connectivity index (χ0v) is 22.9. The summed E-state index contributed by atoms with van der Waals surface area (Å²) in [5.74, 6) is -0.815. The lowest BCUT2D eigenvalue weighted by Crippen LogP contribution is -2.51. The van der Waals surface area contributed by atoms with Crippen molar-refractivity contribution < 1.29 is 23.8 Å². The minimum Gasteiger partial charge on any atom is -0.497 e. The topological polar surface area (TPSA) is 65.0 Å². The number of rotatable bonds is 13. The summed E-state index contributed by atoms with van der Waals surface area (Å²) < 4.78 is 18.4. The molecule has 0 radical (unpaired) electrons. The van der Waals surface area contributed by atoms with E-state index in [4.69, 9.17) is 13.9 Å². The number of hydrogen-bond donors (Lipinski definition) is 1. The van der Waals surface area contributed by atoms with E-state index in [0.29, 0.717) is 6.61 Å². The van der Waals surface area contributed by atoms with Gasteiger partial charge in [-0.25, -0.2) is 0 Å². The van der Waals surface area contributed by atoms with Crippen molar-refractivity contribution in [1.29, 1.82) is 0 Å². The largest absolute Gasteiger partial charge is 0.497 e. The van der Waals surface area contributed by atoms with Crippen LogP contribution in [0.1, 0.15) is 47.1 Å². The molecule has 0 unspecified atom stereocenters. The second-order valence-electron chi connectivity index (χ2n) is 10.4. The summed E-state index contributed by atoms with van der Waals surface area (Å²) in [5.41, 5.74) is 1.03. The van der Waals surface area contributed by atoms with E-state index in [1.165, 1.54) is 0 Å². The summed E-state index contributed by atoms with van der Waals surface area (Å²) in [7, 11) is -0.568. The van der Waals surface area contributed by atoms with Gasteiger partial charge >= 0.3 is 5.97 Å². The van der Waals surface area contributed by atoms with Gasteiger partial charge in [-0.05, 0) is 42.8 Å². The minimum absolute atomic E-state index is 0.0308. The van der Waals surface area contributed by atoms with Gasteiger partial charge in [-0.2, -0.15) is 0 Å². The maximum Gasteiger partial charge on any atom is 0.308 e. The number of methoxy groups -OCH3 is 1. The fraction of sp³-hybridized carbons (Fsp3) is 0.593. The van der Waals surface area contributed by atoms with Crippen LogP contribution in [0.25, 0.3) is 0 Å². The molecule has 1 N–H and O–H groups in total. The maximum atomic E-state index is 12.0. The third-order valence-electron chi connectivity index (χ3n) is 6.83. The molecule has 0 bridgehead atoms. The van der Waals surface area contributed by atoms with Crippen LogP contribution in [0.5, 0.6) is 5.75 Å². The highest BCUT2D eigenvalue weighted by Crippen LogP contribution is 2.40. The van der Waals surface area contributed by atoms with Gasteiger partial charge in [0.25, 0.3) is 0 Å². The Balaban J connectivity index is 3.26. The molecule has 33 heavy (non-hydrogen) atoms. The first-order valence-corrected chi connectivity index (χ1v) is 14.6. The van der Waals surface area contributed by atoms with Crippen LogP contribution in [0.2, 0.25) is 18.1 Å². The Bertz CT molecular complexity index is 779. The lowest BCUT2D eigenvalue weighted by atomic mass is 9.84. The van der Waals surface area contributed by atoms with Crippen LogP contribution in [-0.2, 0) is 20.6 Å². The number of hydrogen-bond acceptors (Lipinski definition) is 4. The van der Waals surface area contributed by atoms with Gasteiger partial charge < -0.3 is 19.0 Å². The molecule has 0 saturated carbocycles. The van der Waals surface area contributed by atoms with Crippen molar-refractivity contribution in [1.82, 2.24) is 0 Å². The van der Waals surface area contributed by atoms with Gasteiger partial charge in [0, 0.05) is 11.8 Å². The van der Waals surface area contributed by atoms with Crippen LogP contribution in [-0.4, -0.2) is 38.7 Å². The van der Waals surface area contributed by atoms with E-state index in [-0.39, 0.29) is 23.0 Å². The molecule has 5 nitrogen and oxygen atoms in total. The van der Waals surface area contributed by atoms with Crippen molar-refractivity contribution >= 4 is 14.3 Å². The predicted molar refractivity (Wildman–Crippen MR) is 138 cm³/mol. The number of aliphatic carboxylic acids is 1. The Morgan fingerprint density at radius 1 is 1.12 bits per heavy atom. The Labute approximate surface area is 202 Å². The number of carbonyl (C=O) groups is 1. The third-order valence-corrected chi connectivity index (χ3v) is 11.3. The molecule has 0 aliphatic rings. The van der Waals surface area contributed by atoms with Gasteiger partial charge in [-0.15, -0.1) is 0 Å². The van der Waals surface area contributed by atoms with Crippen LogP contribution >= 0.6 is 0 Å². The Morgan fingerprint density at radius 2 is 1.70 bits per heavy atom. The molecule has 0 fully saturated rings. The zero-order chi connectivity index (χ0) is 25.4. The Hall–Kier alpha value is -1.89. The average Bonchev–Trinajstić information content (AvgIpc) is 2.75. The summed E-state index contributed by atoms with van der Waals surface area (Å²) in [6, 6.07) is 7.78. The van der Waals surface area contributed by atoms with E-state index in [1.54, 1.807) is 20.1 Å². The highest BCUT2D eigenvalue weighted by molar-refractivity contribution is 6.74. The van der Waals surface area contributed by atoms with Crippen molar-refractivity contribution in [3.05, 3.63) is 54.6 Å². The van der Waals surface area contributed by atoms with E-state index in [1.807, 2.05) is 37.3 Å². The van der Waals surface area contributed by atoms with E-state index >= 15 is 0 Å². The van der Waals surface area contributed by atoms with Crippen LogP contribution in [0.3, 0.4) is 0 Å². The van der Waals surface area contributed by atoms with Crippen LogP contribution in [0.4, 0.5) is 0 Å². The molecule has 1 rings (SSSR count). The molecule has 0 aliphatic carbocycles. The van der Waals surface area contributed by atoms with Crippen LogP contribution in [0, 0.1) is 17.8 Å². The molecular formula is C27H44O5Si. The Morgan fingerprint density at radius 3 is 2.15 bits per heavy atom. The summed E-state index contributed by atoms with van der Waals surface area (Å²) in [6.45, 7) is 20.9. The van der Waals surface area contributed by atoms with E-state index in [9.17, 15) is 9.90 Å². The van der Waals surface area contributed by atoms with E-state index < -0.39 is 26.3 Å². The summed E-state index contributed by atoms with van der Waals surface area (Å²) >= 11 is 0. The number of carboxylic acids is 1. The smallest absolute Gasteiger partial charge is 0.308 e. The number of benzene rings is 1. The first kappa shape index (κ1) is 29.1. The molecule has 0 aliphatic heterocycles. The molecule has 6 heteroatoms. The van der Waals surface area contributed by atoms with Gasteiger partial charge in [-0.3, -0.25) is 4.79 Å². The fourth-order valence-electron chi connectivity index (χ4n) is 3.57. The summed E-state index contributed by atoms with van der Waals surface area (Å²) in [6.07, 6.45) is 5.00. The van der Waals surface area contributed by atoms with Crippen LogP contribution < -0.4 is 4.74 Å². The molecule has 186 valence electrons. The second kappa shape index (κ2) is 12.5. The molecule has 1 aromatic carbocycles. The number of ether oxygens (including phenoxy) is 2. The molecule has 0 heterocycles.